The number of quaternary nitrogens is 1. The van der Waals surface area contributed by atoms with Crippen LogP contribution in [0.3, 0.4) is 0 Å². The Hall–Kier alpha value is -2.17. The first-order chi connectivity index (χ1) is 12.1. The van der Waals surface area contributed by atoms with Gasteiger partial charge in [0.05, 0.1) is 26.2 Å². The molecule has 1 heterocycles. The van der Waals surface area contributed by atoms with Gasteiger partial charge in [-0.25, -0.2) is 4.39 Å². The van der Waals surface area contributed by atoms with Crippen LogP contribution in [0.2, 0.25) is 5.02 Å². The third-order valence-corrected chi connectivity index (χ3v) is 4.65. The topological polar surface area (TPSA) is 24.8 Å². The summed E-state index contributed by atoms with van der Waals surface area (Å²) in [4.78, 5) is 15.6. The minimum Gasteiger partial charge on any atom is -0.328 e. The Morgan fingerprint density at radius 3 is 2.56 bits per heavy atom. The summed E-state index contributed by atoms with van der Waals surface area (Å²) in [5, 5.41) is 0.761. The van der Waals surface area contributed by atoms with Crippen molar-refractivity contribution in [2.75, 3.05) is 26.2 Å². The molecule has 5 heteroatoms. The first-order valence-electron chi connectivity index (χ1n) is 8.41. The maximum Gasteiger partial charge on any atom is 0.246 e. The fraction of sp³-hybridized carbons (Fsp3) is 0.250. The first-order valence-corrected chi connectivity index (χ1v) is 8.78. The van der Waals surface area contributed by atoms with Gasteiger partial charge in [-0.15, -0.1) is 0 Å². The molecule has 1 amide bonds. The Kier molecular flexibility index (Phi) is 5.84. The van der Waals surface area contributed by atoms with Crippen molar-refractivity contribution >= 4 is 23.6 Å². The number of benzene rings is 2. The number of rotatable bonds is 4. The van der Waals surface area contributed by atoms with Gasteiger partial charge in [-0.3, -0.25) is 4.79 Å². The molecule has 2 aromatic rings. The maximum atomic E-state index is 12.9. The van der Waals surface area contributed by atoms with E-state index in [2.05, 4.69) is 6.07 Å². The van der Waals surface area contributed by atoms with E-state index >= 15 is 0 Å². The molecule has 1 aliphatic rings. The van der Waals surface area contributed by atoms with E-state index in [0.29, 0.717) is 0 Å². The summed E-state index contributed by atoms with van der Waals surface area (Å²) in [5.41, 5.74) is 2.04. The predicted octanol–water partition coefficient (Wildman–Crippen LogP) is 2.42. The highest BCUT2D eigenvalue weighted by molar-refractivity contribution is 6.30. The van der Waals surface area contributed by atoms with E-state index in [9.17, 15) is 9.18 Å². The van der Waals surface area contributed by atoms with Gasteiger partial charge in [0.15, 0.2) is 0 Å². The summed E-state index contributed by atoms with van der Waals surface area (Å²) in [6.45, 7) is 4.24. The van der Waals surface area contributed by atoms with Gasteiger partial charge in [-0.1, -0.05) is 35.9 Å². The van der Waals surface area contributed by atoms with Gasteiger partial charge >= 0.3 is 0 Å². The van der Waals surface area contributed by atoms with Gasteiger partial charge in [0.1, 0.15) is 12.4 Å². The van der Waals surface area contributed by atoms with Crippen LogP contribution in [0.1, 0.15) is 11.1 Å². The Bertz CT molecular complexity index is 753. The lowest BCUT2D eigenvalue weighted by Gasteiger charge is -2.31. The zero-order valence-electron chi connectivity index (χ0n) is 13.9. The van der Waals surface area contributed by atoms with Gasteiger partial charge < -0.3 is 9.80 Å². The van der Waals surface area contributed by atoms with E-state index in [1.807, 2.05) is 23.1 Å². The molecule has 3 nitrogen and oxygen atoms in total. The third-order valence-electron chi connectivity index (χ3n) is 4.41. The van der Waals surface area contributed by atoms with E-state index < -0.39 is 0 Å². The number of nitrogens with one attached hydrogen (secondary N) is 1. The molecule has 0 aliphatic carbocycles. The number of nitrogens with zero attached hydrogens (tertiary/aromatic N) is 1. The monoisotopic (exact) mass is 359 g/mol. The fourth-order valence-corrected chi connectivity index (χ4v) is 3.22. The molecular formula is C20H21ClFN2O+. The SMILES string of the molecule is O=C(/C=C/c1ccc(F)cc1)N1CC[NH+](Cc2cccc(Cl)c2)CC1. The fourth-order valence-electron chi connectivity index (χ4n) is 3.00. The Morgan fingerprint density at radius 1 is 1.16 bits per heavy atom. The highest BCUT2D eigenvalue weighted by Crippen LogP contribution is 2.10. The number of piperazine rings is 1. The van der Waals surface area contributed by atoms with E-state index in [4.69, 9.17) is 11.6 Å². The van der Waals surface area contributed by atoms with Gasteiger partial charge in [0, 0.05) is 16.7 Å². The van der Waals surface area contributed by atoms with E-state index in [0.717, 1.165) is 43.3 Å². The van der Waals surface area contributed by atoms with Crippen molar-refractivity contribution in [3.63, 3.8) is 0 Å². The molecule has 25 heavy (non-hydrogen) atoms. The molecule has 0 aromatic heterocycles. The molecule has 0 saturated carbocycles. The Balaban J connectivity index is 1.49. The lowest BCUT2D eigenvalue weighted by atomic mass is 10.2. The maximum absolute atomic E-state index is 12.9. The second-order valence-electron chi connectivity index (χ2n) is 6.27. The Morgan fingerprint density at radius 2 is 1.88 bits per heavy atom. The van der Waals surface area contributed by atoms with Crippen molar-refractivity contribution in [1.82, 2.24) is 4.90 Å². The van der Waals surface area contributed by atoms with E-state index in [1.165, 1.54) is 22.6 Å². The van der Waals surface area contributed by atoms with Crippen molar-refractivity contribution in [1.29, 1.82) is 0 Å². The number of halogens is 2. The predicted molar refractivity (Wildman–Crippen MR) is 97.9 cm³/mol. The largest absolute Gasteiger partial charge is 0.328 e. The minimum absolute atomic E-state index is 0.00568. The molecule has 1 N–H and O–H groups in total. The quantitative estimate of drug-likeness (QED) is 0.833. The normalized spacial score (nSPS) is 15.7. The zero-order valence-corrected chi connectivity index (χ0v) is 14.7. The van der Waals surface area contributed by atoms with Crippen LogP contribution in [0.5, 0.6) is 0 Å². The average Bonchev–Trinajstić information content (AvgIpc) is 2.62. The molecule has 1 fully saturated rings. The number of carbonyl (C=O) groups is 1. The van der Waals surface area contributed by atoms with Gasteiger partial charge in [0.25, 0.3) is 0 Å². The lowest BCUT2D eigenvalue weighted by molar-refractivity contribution is -0.917. The second kappa shape index (κ2) is 8.28. The molecule has 0 radical (unpaired) electrons. The van der Waals surface area contributed by atoms with Crippen LogP contribution in [-0.4, -0.2) is 37.0 Å². The standard InChI is InChI=1S/C20H20ClFN2O/c21-18-3-1-2-17(14-18)15-23-10-12-24(13-11-23)20(25)9-6-16-4-7-19(22)8-5-16/h1-9,14H,10-13,15H2/p+1/b9-6+. The first kappa shape index (κ1) is 17.6. The molecule has 3 rings (SSSR count). The summed E-state index contributed by atoms with van der Waals surface area (Å²) < 4.78 is 12.9. The summed E-state index contributed by atoms with van der Waals surface area (Å²) in [6, 6.07) is 14.0. The summed E-state index contributed by atoms with van der Waals surface area (Å²) >= 11 is 6.03. The molecule has 0 atom stereocenters. The van der Waals surface area contributed by atoms with Crippen molar-refractivity contribution in [3.05, 3.63) is 76.6 Å². The number of hydrogen-bond donors (Lipinski definition) is 1. The molecule has 0 bridgehead atoms. The van der Waals surface area contributed by atoms with Gasteiger partial charge in [0.2, 0.25) is 5.91 Å². The van der Waals surface area contributed by atoms with Crippen LogP contribution in [0.15, 0.2) is 54.6 Å². The Labute approximate surface area is 152 Å². The summed E-state index contributed by atoms with van der Waals surface area (Å²) in [5.74, 6) is -0.270. The highest BCUT2D eigenvalue weighted by atomic mass is 35.5. The molecule has 0 spiro atoms. The van der Waals surface area contributed by atoms with Crippen LogP contribution in [0.25, 0.3) is 6.08 Å². The van der Waals surface area contributed by atoms with Crippen molar-refractivity contribution in [3.8, 4) is 0 Å². The minimum atomic E-state index is -0.276. The summed E-state index contributed by atoms with van der Waals surface area (Å²) in [6.07, 6.45) is 3.29. The summed E-state index contributed by atoms with van der Waals surface area (Å²) in [7, 11) is 0. The van der Waals surface area contributed by atoms with Crippen LogP contribution >= 0.6 is 11.6 Å². The average molecular weight is 360 g/mol. The highest BCUT2D eigenvalue weighted by Gasteiger charge is 2.22. The van der Waals surface area contributed by atoms with Crippen LogP contribution in [-0.2, 0) is 11.3 Å². The third kappa shape index (κ3) is 5.15. The molecular weight excluding hydrogens is 339 g/mol. The molecule has 0 unspecified atom stereocenters. The number of amides is 1. The van der Waals surface area contributed by atoms with Gasteiger partial charge in [-0.05, 0) is 35.9 Å². The van der Waals surface area contributed by atoms with Crippen LogP contribution in [0.4, 0.5) is 4.39 Å². The van der Waals surface area contributed by atoms with E-state index in [-0.39, 0.29) is 11.7 Å². The molecule has 2 aromatic carbocycles. The molecule has 1 saturated heterocycles. The zero-order chi connectivity index (χ0) is 17.6. The van der Waals surface area contributed by atoms with Crippen LogP contribution in [0, 0.1) is 5.82 Å². The van der Waals surface area contributed by atoms with Crippen molar-refractivity contribution in [2.45, 2.75) is 6.54 Å². The number of hydrogen-bond acceptors (Lipinski definition) is 1. The molecule has 130 valence electrons. The lowest BCUT2D eigenvalue weighted by Crippen LogP contribution is -3.13. The smallest absolute Gasteiger partial charge is 0.246 e. The van der Waals surface area contributed by atoms with Crippen LogP contribution < -0.4 is 4.90 Å². The second-order valence-corrected chi connectivity index (χ2v) is 6.70. The molecule has 1 aliphatic heterocycles. The van der Waals surface area contributed by atoms with Crippen molar-refractivity contribution in [2.24, 2.45) is 0 Å². The van der Waals surface area contributed by atoms with Gasteiger partial charge in [-0.2, -0.15) is 0 Å². The van der Waals surface area contributed by atoms with Crippen molar-refractivity contribution < 1.29 is 14.1 Å². The number of carbonyl (C=O) groups excluding carboxylic acids is 1. The van der Waals surface area contributed by atoms with E-state index in [1.54, 1.807) is 24.3 Å².